The number of hydrogen-bond donors (Lipinski definition) is 0. The molecule has 0 spiro atoms. The number of nitrogens with zero attached hydrogens (tertiary/aromatic N) is 2. The lowest BCUT2D eigenvalue weighted by Gasteiger charge is -2.28. The van der Waals surface area contributed by atoms with E-state index in [0.29, 0.717) is 24.4 Å². The summed E-state index contributed by atoms with van der Waals surface area (Å²) in [6.07, 6.45) is 5.97. The molecular formula is C20H30N2O2. The van der Waals surface area contributed by atoms with Crippen LogP contribution in [0.25, 0.3) is 0 Å². The van der Waals surface area contributed by atoms with Crippen LogP contribution in [0, 0.1) is 5.92 Å². The monoisotopic (exact) mass is 330 g/mol. The van der Waals surface area contributed by atoms with Crippen LogP contribution in [0.3, 0.4) is 0 Å². The predicted octanol–water partition coefficient (Wildman–Crippen LogP) is 2.93. The Morgan fingerprint density at radius 1 is 1.21 bits per heavy atom. The van der Waals surface area contributed by atoms with Gasteiger partial charge in [0.1, 0.15) is 0 Å². The molecular weight excluding hydrogens is 300 g/mol. The molecule has 0 bridgehead atoms. The van der Waals surface area contributed by atoms with E-state index in [0.717, 1.165) is 39.1 Å². The van der Waals surface area contributed by atoms with Gasteiger partial charge >= 0.3 is 0 Å². The number of methoxy groups -OCH3 is 1. The minimum Gasteiger partial charge on any atom is -0.384 e. The molecule has 2 aliphatic rings. The van der Waals surface area contributed by atoms with E-state index in [1.165, 1.54) is 24.8 Å². The number of benzene rings is 1. The molecule has 0 radical (unpaired) electrons. The summed E-state index contributed by atoms with van der Waals surface area (Å²) < 4.78 is 5.34. The molecule has 1 aromatic carbocycles. The van der Waals surface area contributed by atoms with Crippen LogP contribution in [-0.4, -0.2) is 55.1 Å². The van der Waals surface area contributed by atoms with Gasteiger partial charge in [-0.1, -0.05) is 36.8 Å². The summed E-state index contributed by atoms with van der Waals surface area (Å²) in [4.78, 5) is 17.4. The SMILES string of the molecule is COCC1CCCCN(CC(=O)N(Cc2ccccc2)C2CC2)C1. The lowest BCUT2D eigenvalue weighted by atomic mass is 10.0. The highest BCUT2D eigenvalue weighted by atomic mass is 16.5. The third-order valence-corrected chi connectivity index (χ3v) is 5.12. The molecule has 24 heavy (non-hydrogen) atoms. The van der Waals surface area contributed by atoms with E-state index < -0.39 is 0 Å². The zero-order valence-electron chi connectivity index (χ0n) is 14.8. The quantitative estimate of drug-likeness (QED) is 0.771. The average molecular weight is 330 g/mol. The highest BCUT2D eigenvalue weighted by Gasteiger charge is 2.33. The number of carbonyl (C=O) groups is 1. The van der Waals surface area contributed by atoms with Gasteiger partial charge in [-0.2, -0.15) is 0 Å². The van der Waals surface area contributed by atoms with Gasteiger partial charge in [0.15, 0.2) is 0 Å². The molecule has 4 heteroatoms. The first-order chi connectivity index (χ1) is 11.8. The molecule has 1 unspecified atom stereocenters. The number of hydrogen-bond acceptors (Lipinski definition) is 3. The fourth-order valence-corrected chi connectivity index (χ4v) is 3.70. The van der Waals surface area contributed by atoms with Crippen molar-refractivity contribution in [1.82, 2.24) is 9.80 Å². The summed E-state index contributed by atoms with van der Waals surface area (Å²) in [6, 6.07) is 10.8. The molecule has 1 amide bonds. The van der Waals surface area contributed by atoms with Gasteiger partial charge in [0.2, 0.25) is 5.91 Å². The standard InChI is InChI=1S/C20H30N2O2/c1-24-16-18-9-5-6-12-21(13-18)15-20(23)22(19-10-11-19)14-17-7-3-2-4-8-17/h2-4,7-8,18-19H,5-6,9-16H2,1H3. The van der Waals surface area contributed by atoms with Crippen molar-refractivity contribution in [1.29, 1.82) is 0 Å². The molecule has 1 atom stereocenters. The maximum absolute atomic E-state index is 12.9. The molecule has 1 aliphatic heterocycles. The Morgan fingerprint density at radius 3 is 2.71 bits per heavy atom. The van der Waals surface area contributed by atoms with Crippen molar-refractivity contribution in [3.05, 3.63) is 35.9 Å². The second-order valence-corrected chi connectivity index (χ2v) is 7.29. The maximum atomic E-state index is 12.9. The molecule has 1 heterocycles. The van der Waals surface area contributed by atoms with Gasteiger partial charge in [0.25, 0.3) is 0 Å². The van der Waals surface area contributed by atoms with Crippen molar-refractivity contribution in [2.75, 3.05) is 33.4 Å². The molecule has 1 aromatic rings. The summed E-state index contributed by atoms with van der Waals surface area (Å²) >= 11 is 0. The Kier molecular flexibility index (Phi) is 6.27. The highest BCUT2D eigenvalue weighted by Crippen LogP contribution is 2.29. The van der Waals surface area contributed by atoms with Crippen molar-refractivity contribution in [2.45, 2.75) is 44.7 Å². The Hall–Kier alpha value is -1.39. The van der Waals surface area contributed by atoms with E-state index in [-0.39, 0.29) is 0 Å². The van der Waals surface area contributed by atoms with Crippen LogP contribution in [0.2, 0.25) is 0 Å². The zero-order chi connectivity index (χ0) is 16.8. The summed E-state index contributed by atoms with van der Waals surface area (Å²) in [5.41, 5.74) is 1.23. The number of likely N-dealkylation sites (tertiary alicyclic amines) is 1. The fraction of sp³-hybridized carbons (Fsp3) is 0.650. The van der Waals surface area contributed by atoms with E-state index >= 15 is 0 Å². The number of ether oxygens (including phenoxy) is 1. The van der Waals surface area contributed by atoms with Gasteiger partial charge in [-0.15, -0.1) is 0 Å². The largest absolute Gasteiger partial charge is 0.384 e. The minimum atomic E-state index is 0.291. The Balaban J connectivity index is 1.58. The van der Waals surface area contributed by atoms with Crippen molar-refractivity contribution in [3.8, 4) is 0 Å². The van der Waals surface area contributed by atoms with Crippen LogP contribution >= 0.6 is 0 Å². The van der Waals surface area contributed by atoms with Gasteiger partial charge in [-0.25, -0.2) is 0 Å². The summed E-state index contributed by atoms with van der Waals surface area (Å²) in [5, 5.41) is 0. The summed E-state index contributed by atoms with van der Waals surface area (Å²) in [6.45, 7) is 4.14. The molecule has 0 N–H and O–H groups in total. The van der Waals surface area contributed by atoms with Crippen LogP contribution in [-0.2, 0) is 16.1 Å². The van der Waals surface area contributed by atoms with Crippen LogP contribution in [0.15, 0.2) is 30.3 Å². The molecule has 0 aromatic heterocycles. The topological polar surface area (TPSA) is 32.8 Å². The summed E-state index contributed by atoms with van der Waals surface area (Å²) in [7, 11) is 1.77. The van der Waals surface area contributed by atoms with Gasteiger partial charge in [-0.05, 0) is 43.7 Å². The van der Waals surface area contributed by atoms with E-state index in [2.05, 4.69) is 34.1 Å². The molecule has 2 fully saturated rings. The summed E-state index contributed by atoms with van der Waals surface area (Å²) in [5.74, 6) is 0.855. The minimum absolute atomic E-state index is 0.291. The number of amides is 1. The Labute approximate surface area is 145 Å². The van der Waals surface area contributed by atoms with Crippen LogP contribution in [0.1, 0.15) is 37.7 Å². The zero-order valence-corrected chi connectivity index (χ0v) is 14.8. The van der Waals surface area contributed by atoms with E-state index in [1.807, 2.05) is 6.07 Å². The van der Waals surface area contributed by atoms with Gasteiger partial charge in [-0.3, -0.25) is 9.69 Å². The second kappa shape index (κ2) is 8.63. The van der Waals surface area contributed by atoms with Crippen molar-refractivity contribution in [2.24, 2.45) is 5.92 Å². The molecule has 1 aliphatic carbocycles. The first kappa shape index (κ1) is 17.4. The number of carbonyl (C=O) groups excluding carboxylic acids is 1. The molecule has 3 rings (SSSR count). The predicted molar refractivity (Wildman–Crippen MR) is 95.7 cm³/mol. The third kappa shape index (κ3) is 5.05. The van der Waals surface area contributed by atoms with Gasteiger partial charge in [0.05, 0.1) is 13.2 Å². The van der Waals surface area contributed by atoms with Crippen molar-refractivity contribution < 1.29 is 9.53 Å². The smallest absolute Gasteiger partial charge is 0.237 e. The maximum Gasteiger partial charge on any atom is 0.237 e. The van der Waals surface area contributed by atoms with Gasteiger partial charge < -0.3 is 9.64 Å². The number of rotatable bonds is 7. The highest BCUT2D eigenvalue weighted by molar-refractivity contribution is 5.79. The fourth-order valence-electron chi connectivity index (χ4n) is 3.70. The normalized spacial score (nSPS) is 22.1. The van der Waals surface area contributed by atoms with Crippen molar-refractivity contribution in [3.63, 3.8) is 0 Å². The van der Waals surface area contributed by atoms with E-state index in [1.54, 1.807) is 7.11 Å². The third-order valence-electron chi connectivity index (χ3n) is 5.12. The Morgan fingerprint density at radius 2 is 2.00 bits per heavy atom. The van der Waals surface area contributed by atoms with E-state index in [9.17, 15) is 4.79 Å². The van der Waals surface area contributed by atoms with Crippen LogP contribution in [0.5, 0.6) is 0 Å². The first-order valence-corrected chi connectivity index (χ1v) is 9.31. The molecule has 4 nitrogen and oxygen atoms in total. The van der Waals surface area contributed by atoms with Crippen LogP contribution < -0.4 is 0 Å². The van der Waals surface area contributed by atoms with Gasteiger partial charge in [0, 0.05) is 26.2 Å². The molecule has 1 saturated heterocycles. The average Bonchev–Trinajstić information content (AvgIpc) is 3.42. The Bertz CT molecular complexity index is 516. The second-order valence-electron chi connectivity index (χ2n) is 7.29. The molecule has 132 valence electrons. The first-order valence-electron chi connectivity index (χ1n) is 9.31. The van der Waals surface area contributed by atoms with Crippen LogP contribution in [0.4, 0.5) is 0 Å². The lowest BCUT2D eigenvalue weighted by molar-refractivity contribution is -0.133. The lowest BCUT2D eigenvalue weighted by Crippen LogP contribution is -2.42. The molecule has 1 saturated carbocycles. The van der Waals surface area contributed by atoms with E-state index in [4.69, 9.17) is 4.74 Å². The van der Waals surface area contributed by atoms with Crippen molar-refractivity contribution >= 4 is 5.91 Å².